The van der Waals surface area contributed by atoms with Crippen molar-refractivity contribution < 1.29 is 19.4 Å². The number of rotatable bonds is 5. The van der Waals surface area contributed by atoms with Gasteiger partial charge in [0.05, 0.1) is 28.9 Å². The molecule has 0 bridgehead atoms. The minimum atomic E-state index is -0.762. The van der Waals surface area contributed by atoms with E-state index in [0.29, 0.717) is 32.4 Å². The Morgan fingerprint density at radius 1 is 1.03 bits per heavy atom. The first-order valence-electron chi connectivity index (χ1n) is 9.53. The number of aromatic hydroxyl groups is 1. The van der Waals surface area contributed by atoms with E-state index in [1.54, 1.807) is 36.4 Å². The van der Waals surface area contributed by atoms with Crippen molar-refractivity contribution in [1.82, 2.24) is 10.6 Å². The van der Waals surface area contributed by atoms with Crippen LogP contribution in [0.5, 0.6) is 11.5 Å². The highest BCUT2D eigenvalue weighted by molar-refractivity contribution is 9.10. The summed E-state index contributed by atoms with van der Waals surface area (Å²) in [6, 6.07) is 20.2. The third-order valence-corrected chi connectivity index (χ3v) is 5.62. The second-order valence-electron chi connectivity index (χ2n) is 6.93. The van der Waals surface area contributed by atoms with Crippen LogP contribution in [0.25, 0.3) is 5.70 Å². The van der Waals surface area contributed by atoms with E-state index in [4.69, 9.17) is 4.74 Å². The number of ketones is 1. The number of halogens is 1. The number of urea groups is 1. The molecule has 0 unspecified atom stereocenters. The van der Waals surface area contributed by atoms with Crippen LogP contribution in [-0.4, -0.2) is 24.0 Å². The molecule has 7 heteroatoms. The van der Waals surface area contributed by atoms with Crippen molar-refractivity contribution in [2.45, 2.75) is 6.04 Å². The molecule has 31 heavy (non-hydrogen) atoms. The lowest BCUT2D eigenvalue weighted by molar-refractivity contribution is 0.102. The van der Waals surface area contributed by atoms with Crippen molar-refractivity contribution in [2.75, 3.05) is 7.11 Å². The third-order valence-electron chi connectivity index (χ3n) is 5.02. The second kappa shape index (κ2) is 8.65. The summed E-state index contributed by atoms with van der Waals surface area (Å²) < 4.78 is 5.66. The van der Waals surface area contributed by atoms with Crippen LogP contribution < -0.4 is 15.4 Å². The molecule has 3 N–H and O–H groups in total. The summed E-state index contributed by atoms with van der Waals surface area (Å²) in [4.78, 5) is 26.2. The minimum absolute atomic E-state index is 0.0605. The number of nitrogens with one attached hydrogen (secondary N) is 2. The standard InChI is InChI=1S/C24H19BrN2O4/c1-31-18-13-16(12-17(25)23(18)29)21-19(22(28)15-10-6-3-7-11-15)20(26-24(30)27-21)14-8-4-2-5-9-14/h2-13,21,29H,1H3,(H2,26,27,30)/t21-/m1/s1. The lowest BCUT2D eigenvalue weighted by atomic mass is 9.87. The molecular formula is C24H19BrN2O4. The number of ether oxygens (including phenoxy) is 1. The van der Waals surface area contributed by atoms with Gasteiger partial charge in [-0.15, -0.1) is 0 Å². The van der Waals surface area contributed by atoms with Gasteiger partial charge < -0.3 is 20.5 Å². The van der Waals surface area contributed by atoms with Gasteiger partial charge in [-0.1, -0.05) is 60.7 Å². The number of Topliss-reactive ketones (excluding diaryl/α,β-unsaturated/α-hetero) is 1. The molecule has 4 rings (SSSR count). The Morgan fingerprint density at radius 2 is 1.68 bits per heavy atom. The molecule has 2 amide bonds. The van der Waals surface area contributed by atoms with Crippen LogP contribution in [0.2, 0.25) is 0 Å². The Bertz CT molecular complexity index is 1180. The van der Waals surface area contributed by atoms with Crippen molar-refractivity contribution in [3.63, 3.8) is 0 Å². The first-order chi connectivity index (χ1) is 15.0. The van der Waals surface area contributed by atoms with Gasteiger partial charge in [0.2, 0.25) is 0 Å². The molecule has 1 heterocycles. The number of phenolic OH excluding ortho intramolecular Hbond substituents is 1. The number of hydrogen-bond donors (Lipinski definition) is 3. The Kier molecular flexibility index (Phi) is 5.77. The van der Waals surface area contributed by atoms with Gasteiger partial charge in [0, 0.05) is 5.56 Å². The molecule has 1 atom stereocenters. The molecule has 0 saturated carbocycles. The minimum Gasteiger partial charge on any atom is -0.503 e. The maximum absolute atomic E-state index is 13.6. The van der Waals surface area contributed by atoms with Gasteiger partial charge in [-0.2, -0.15) is 0 Å². The Hall–Kier alpha value is -3.58. The van der Waals surface area contributed by atoms with Crippen LogP contribution in [-0.2, 0) is 0 Å². The van der Waals surface area contributed by atoms with Crippen molar-refractivity contribution >= 4 is 33.4 Å². The lowest BCUT2D eigenvalue weighted by Gasteiger charge is -2.30. The molecule has 1 aliphatic heterocycles. The zero-order valence-corrected chi connectivity index (χ0v) is 18.1. The first-order valence-corrected chi connectivity index (χ1v) is 10.3. The molecule has 3 aromatic rings. The summed E-state index contributed by atoms with van der Waals surface area (Å²) >= 11 is 3.32. The molecule has 0 saturated heterocycles. The summed E-state index contributed by atoms with van der Waals surface area (Å²) in [5, 5.41) is 15.9. The monoisotopic (exact) mass is 478 g/mol. The highest BCUT2D eigenvalue weighted by Gasteiger charge is 2.34. The van der Waals surface area contributed by atoms with Crippen LogP contribution in [0.15, 0.2) is 82.8 Å². The quantitative estimate of drug-likeness (QED) is 0.459. The maximum atomic E-state index is 13.6. The number of amides is 2. The average Bonchev–Trinajstić information content (AvgIpc) is 2.81. The topological polar surface area (TPSA) is 87.7 Å². The highest BCUT2D eigenvalue weighted by Crippen LogP contribution is 2.40. The van der Waals surface area contributed by atoms with E-state index in [9.17, 15) is 14.7 Å². The van der Waals surface area contributed by atoms with Gasteiger partial charge in [0.15, 0.2) is 17.3 Å². The number of carbonyl (C=O) groups is 2. The van der Waals surface area contributed by atoms with E-state index in [1.807, 2.05) is 36.4 Å². The lowest BCUT2D eigenvalue weighted by Crippen LogP contribution is -2.45. The van der Waals surface area contributed by atoms with Crippen molar-refractivity contribution in [1.29, 1.82) is 0 Å². The molecule has 0 fully saturated rings. The summed E-state index contributed by atoms with van der Waals surface area (Å²) in [5.74, 6) is -0.0558. The molecule has 0 aliphatic carbocycles. The zero-order chi connectivity index (χ0) is 22.0. The van der Waals surface area contributed by atoms with Gasteiger partial charge >= 0.3 is 6.03 Å². The number of benzene rings is 3. The molecule has 3 aromatic carbocycles. The maximum Gasteiger partial charge on any atom is 0.320 e. The summed E-state index contributed by atoms with van der Waals surface area (Å²) in [6.45, 7) is 0. The first kappa shape index (κ1) is 20.7. The van der Waals surface area contributed by atoms with Crippen LogP contribution in [0.3, 0.4) is 0 Å². The number of hydrogen-bond acceptors (Lipinski definition) is 4. The Balaban J connectivity index is 1.96. The number of carbonyl (C=O) groups excluding carboxylic acids is 2. The van der Waals surface area contributed by atoms with E-state index >= 15 is 0 Å². The van der Waals surface area contributed by atoms with Gasteiger partial charge in [-0.25, -0.2) is 4.79 Å². The fourth-order valence-electron chi connectivity index (χ4n) is 3.55. The molecule has 1 aliphatic rings. The molecule has 0 aromatic heterocycles. The number of methoxy groups -OCH3 is 1. The molecule has 6 nitrogen and oxygen atoms in total. The largest absolute Gasteiger partial charge is 0.503 e. The van der Waals surface area contributed by atoms with Gasteiger partial charge in [0.25, 0.3) is 0 Å². The van der Waals surface area contributed by atoms with E-state index < -0.39 is 12.1 Å². The summed E-state index contributed by atoms with van der Waals surface area (Å²) in [5.41, 5.74) is 2.62. The van der Waals surface area contributed by atoms with Crippen molar-refractivity contribution in [3.8, 4) is 11.5 Å². The smallest absolute Gasteiger partial charge is 0.320 e. The van der Waals surface area contributed by atoms with Gasteiger partial charge in [-0.3, -0.25) is 4.79 Å². The number of phenols is 1. The van der Waals surface area contributed by atoms with Crippen molar-refractivity contribution in [2.24, 2.45) is 0 Å². The fraction of sp³-hybridized carbons (Fsp3) is 0.0833. The van der Waals surface area contributed by atoms with Gasteiger partial charge in [-0.05, 0) is 39.2 Å². The molecular weight excluding hydrogens is 460 g/mol. The normalized spacial score (nSPS) is 15.8. The SMILES string of the molecule is COc1cc([C@H]2NC(=O)NC(c3ccccc3)=C2C(=O)c2ccccc2)cc(Br)c1O. The molecule has 0 spiro atoms. The molecule has 0 radical (unpaired) electrons. The van der Waals surface area contributed by atoms with Gasteiger partial charge in [0.1, 0.15) is 0 Å². The Morgan fingerprint density at radius 3 is 2.32 bits per heavy atom. The van der Waals surface area contributed by atoms with Crippen molar-refractivity contribution in [3.05, 3.63) is 99.5 Å². The van der Waals surface area contributed by atoms with E-state index in [-0.39, 0.29) is 17.3 Å². The van der Waals surface area contributed by atoms with E-state index in [2.05, 4.69) is 26.6 Å². The zero-order valence-electron chi connectivity index (χ0n) is 16.6. The Labute approximate surface area is 187 Å². The summed E-state index contributed by atoms with van der Waals surface area (Å²) in [7, 11) is 1.44. The van der Waals surface area contributed by atoms with Crippen LogP contribution >= 0.6 is 15.9 Å². The predicted octanol–water partition coefficient (Wildman–Crippen LogP) is 4.81. The van der Waals surface area contributed by atoms with E-state index in [0.717, 1.165) is 0 Å². The van der Waals surface area contributed by atoms with E-state index in [1.165, 1.54) is 7.11 Å². The average molecular weight is 479 g/mol. The molecule has 156 valence electrons. The van der Waals surface area contributed by atoms with Crippen LogP contribution in [0.1, 0.15) is 27.5 Å². The second-order valence-corrected chi connectivity index (χ2v) is 7.79. The third kappa shape index (κ3) is 4.04. The predicted molar refractivity (Wildman–Crippen MR) is 121 cm³/mol. The van der Waals surface area contributed by atoms with Crippen LogP contribution in [0.4, 0.5) is 4.79 Å². The highest BCUT2D eigenvalue weighted by atomic mass is 79.9. The van der Waals surface area contributed by atoms with Crippen LogP contribution in [0, 0.1) is 0 Å². The fourth-order valence-corrected chi connectivity index (χ4v) is 4.01. The summed E-state index contributed by atoms with van der Waals surface area (Å²) in [6.07, 6.45) is 0.